The number of nitrogens with one attached hydrogen (secondary N) is 1. The van der Waals surface area contributed by atoms with Gasteiger partial charge in [-0.25, -0.2) is 0 Å². The largest absolute Gasteiger partial charge is 0.368 e. The molecule has 0 amide bonds. The highest BCUT2D eigenvalue weighted by Gasteiger charge is 2.24. The summed E-state index contributed by atoms with van der Waals surface area (Å²) in [4.78, 5) is 2.46. The molecule has 1 aromatic carbocycles. The van der Waals surface area contributed by atoms with Crippen molar-refractivity contribution >= 4 is 5.69 Å². The second-order valence-electron chi connectivity index (χ2n) is 4.39. The van der Waals surface area contributed by atoms with Crippen molar-refractivity contribution in [1.82, 2.24) is 5.32 Å². The van der Waals surface area contributed by atoms with Gasteiger partial charge in [0.1, 0.15) is 0 Å². The van der Waals surface area contributed by atoms with Gasteiger partial charge in [0.25, 0.3) is 0 Å². The van der Waals surface area contributed by atoms with Gasteiger partial charge in [0.15, 0.2) is 0 Å². The van der Waals surface area contributed by atoms with Gasteiger partial charge in [-0.1, -0.05) is 12.1 Å². The van der Waals surface area contributed by atoms with Gasteiger partial charge in [0.2, 0.25) is 0 Å². The lowest BCUT2D eigenvalue weighted by Crippen LogP contribution is -2.33. The average molecular weight is 188 g/mol. The first-order chi connectivity index (χ1) is 6.84. The van der Waals surface area contributed by atoms with Crippen LogP contribution >= 0.6 is 0 Å². The average Bonchev–Trinajstić information content (AvgIpc) is 3.00. The quantitative estimate of drug-likeness (QED) is 0.672. The molecule has 0 saturated carbocycles. The summed E-state index contributed by atoms with van der Waals surface area (Å²) in [5, 5.41) is 3.51. The summed E-state index contributed by atoms with van der Waals surface area (Å²) in [5.41, 5.74) is 4.56. The molecule has 3 rings (SSSR count). The predicted octanol–water partition coefficient (Wildman–Crippen LogP) is 1.54. The van der Waals surface area contributed by atoms with E-state index in [0.29, 0.717) is 6.04 Å². The van der Waals surface area contributed by atoms with Crippen LogP contribution in [0.5, 0.6) is 0 Å². The van der Waals surface area contributed by atoms with Crippen LogP contribution in [0, 0.1) is 0 Å². The third kappa shape index (κ3) is 1.30. The zero-order valence-electron chi connectivity index (χ0n) is 8.59. The Morgan fingerprint density at radius 2 is 2.21 bits per heavy atom. The zero-order valence-corrected chi connectivity index (χ0v) is 8.59. The van der Waals surface area contributed by atoms with E-state index in [2.05, 4.69) is 35.3 Å². The number of fused-ring (bicyclic) bond motifs is 1. The Kier molecular flexibility index (Phi) is 1.77. The van der Waals surface area contributed by atoms with Crippen molar-refractivity contribution < 1.29 is 0 Å². The van der Waals surface area contributed by atoms with Gasteiger partial charge < -0.3 is 10.2 Å². The van der Waals surface area contributed by atoms with E-state index in [1.54, 1.807) is 5.56 Å². The molecular weight excluding hydrogens is 172 g/mol. The molecular formula is C12H16N2. The Morgan fingerprint density at radius 1 is 1.36 bits per heavy atom. The number of rotatable bonds is 1. The lowest BCUT2D eigenvalue weighted by molar-refractivity contribution is 0.514. The van der Waals surface area contributed by atoms with Crippen LogP contribution in [0.1, 0.15) is 18.1 Å². The van der Waals surface area contributed by atoms with Crippen LogP contribution in [0.4, 0.5) is 5.69 Å². The molecule has 0 aliphatic carbocycles. The highest BCUT2D eigenvalue weighted by Crippen LogP contribution is 2.31. The number of hydrogen-bond donors (Lipinski definition) is 1. The van der Waals surface area contributed by atoms with Crippen LogP contribution in [-0.2, 0) is 13.0 Å². The summed E-state index contributed by atoms with van der Waals surface area (Å²) in [5.74, 6) is 0. The molecule has 0 spiro atoms. The van der Waals surface area contributed by atoms with E-state index >= 15 is 0 Å². The van der Waals surface area contributed by atoms with Gasteiger partial charge in [-0.05, 0) is 30.5 Å². The number of nitrogens with zero attached hydrogens (tertiary/aromatic N) is 1. The first-order valence-electron chi connectivity index (χ1n) is 5.44. The molecule has 0 aromatic heterocycles. The molecule has 2 nitrogen and oxygen atoms in total. The molecule has 14 heavy (non-hydrogen) atoms. The maximum Gasteiger partial charge on any atom is 0.0403 e. The van der Waals surface area contributed by atoms with E-state index in [4.69, 9.17) is 0 Å². The maximum absolute atomic E-state index is 3.51. The molecule has 0 radical (unpaired) electrons. The van der Waals surface area contributed by atoms with Gasteiger partial charge in [-0.2, -0.15) is 0 Å². The summed E-state index contributed by atoms with van der Waals surface area (Å²) in [7, 11) is 0. The first-order valence-corrected chi connectivity index (χ1v) is 5.44. The summed E-state index contributed by atoms with van der Waals surface area (Å²) in [6, 6.07) is 7.33. The third-order valence-corrected chi connectivity index (χ3v) is 3.19. The SMILES string of the molecule is CC1Cc2c(cccc2N2CC2)CN1. The van der Waals surface area contributed by atoms with E-state index in [1.165, 1.54) is 30.8 Å². The Labute approximate surface area is 84.9 Å². The first kappa shape index (κ1) is 8.30. The topological polar surface area (TPSA) is 15.0 Å². The van der Waals surface area contributed by atoms with Crippen molar-refractivity contribution in [3.63, 3.8) is 0 Å². The molecule has 1 aromatic rings. The fraction of sp³-hybridized carbons (Fsp3) is 0.500. The number of anilines is 1. The second-order valence-corrected chi connectivity index (χ2v) is 4.39. The van der Waals surface area contributed by atoms with Crippen molar-refractivity contribution in [2.75, 3.05) is 18.0 Å². The molecule has 1 fully saturated rings. The minimum atomic E-state index is 0.628. The zero-order chi connectivity index (χ0) is 9.54. The predicted molar refractivity (Wildman–Crippen MR) is 58.7 cm³/mol. The molecule has 0 bridgehead atoms. The lowest BCUT2D eigenvalue weighted by atomic mass is 9.95. The Balaban J connectivity index is 2.04. The smallest absolute Gasteiger partial charge is 0.0403 e. The van der Waals surface area contributed by atoms with Crippen molar-refractivity contribution in [3.8, 4) is 0 Å². The van der Waals surface area contributed by atoms with Crippen molar-refractivity contribution in [3.05, 3.63) is 29.3 Å². The van der Waals surface area contributed by atoms with Crippen LogP contribution in [0.15, 0.2) is 18.2 Å². The third-order valence-electron chi connectivity index (χ3n) is 3.19. The van der Waals surface area contributed by atoms with Gasteiger partial charge in [-0.15, -0.1) is 0 Å². The summed E-state index contributed by atoms with van der Waals surface area (Å²) in [6.45, 7) is 5.80. The molecule has 2 aliphatic rings. The van der Waals surface area contributed by atoms with Gasteiger partial charge in [0, 0.05) is 31.4 Å². The molecule has 2 aliphatic heterocycles. The molecule has 2 heteroatoms. The van der Waals surface area contributed by atoms with E-state index in [-0.39, 0.29) is 0 Å². The van der Waals surface area contributed by atoms with Gasteiger partial charge >= 0.3 is 0 Å². The van der Waals surface area contributed by atoms with E-state index < -0.39 is 0 Å². The minimum Gasteiger partial charge on any atom is -0.368 e. The lowest BCUT2D eigenvalue weighted by Gasteiger charge is -2.25. The van der Waals surface area contributed by atoms with E-state index in [1.807, 2.05) is 0 Å². The molecule has 1 atom stereocenters. The Morgan fingerprint density at radius 3 is 3.00 bits per heavy atom. The molecule has 1 saturated heterocycles. The Hall–Kier alpha value is -1.02. The van der Waals surface area contributed by atoms with Crippen LogP contribution in [0.25, 0.3) is 0 Å². The highest BCUT2D eigenvalue weighted by atomic mass is 15.3. The molecule has 74 valence electrons. The van der Waals surface area contributed by atoms with Crippen molar-refractivity contribution in [2.45, 2.75) is 25.9 Å². The highest BCUT2D eigenvalue weighted by molar-refractivity contribution is 5.61. The molecule has 1 unspecified atom stereocenters. The number of benzene rings is 1. The van der Waals surface area contributed by atoms with Crippen molar-refractivity contribution in [2.24, 2.45) is 0 Å². The summed E-state index contributed by atoms with van der Waals surface area (Å²) < 4.78 is 0. The normalized spacial score (nSPS) is 24.6. The fourth-order valence-corrected chi connectivity index (χ4v) is 2.27. The van der Waals surface area contributed by atoms with Crippen LogP contribution in [-0.4, -0.2) is 19.1 Å². The minimum absolute atomic E-state index is 0.628. The van der Waals surface area contributed by atoms with E-state index in [0.717, 1.165) is 6.54 Å². The summed E-state index contributed by atoms with van der Waals surface area (Å²) in [6.07, 6.45) is 1.18. The van der Waals surface area contributed by atoms with Crippen LogP contribution in [0.3, 0.4) is 0 Å². The van der Waals surface area contributed by atoms with Crippen LogP contribution in [0.2, 0.25) is 0 Å². The second kappa shape index (κ2) is 2.99. The Bertz CT molecular complexity index is 355. The summed E-state index contributed by atoms with van der Waals surface area (Å²) >= 11 is 0. The van der Waals surface area contributed by atoms with Crippen molar-refractivity contribution in [1.29, 1.82) is 0 Å². The maximum atomic E-state index is 3.51. The van der Waals surface area contributed by atoms with Gasteiger partial charge in [-0.3, -0.25) is 0 Å². The molecule has 2 heterocycles. The fourth-order valence-electron chi connectivity index (χ4n) is 2.27. The van der Waals surface area contributed by atoms with Gasteiger partial charge in [0.05, 0.1) is 0 Å². The standard InChI is InChI=1S/C12H16N2/c1-9-7-11-10(8-13-9)3-2-4-12(11)14-5-6-14/h2-4,9,13H,5-8H2,1H3. The van der Waals surface area contributed by atoms with Crippen LogP contribution < -0.4 is 10.2 Å². The number of hydrogen-bond acceptors (Lipinski definition) is 2. The molecule has 1 N–H and O–H groups in total. The monoisotopic (exact) mass is 188 g/mol. The van der Waals surface area contributed by atoms with E-state index in [9.17, 15) is 0 Å².